The zero-order chi connectivity index (χ0) is 12.4. The van der Waals surface area contributed by atoms with Crippen LogP contribution in [-0.4, -0.2) is 30.1 Å². The molecule has 2 rings (SSSR count). The van der Waals surface area contributed by atoms with Gasteiger partial charge in [0.2, 0.25) is 0 Å². The highest BCUT2D eigenvalue weighted by Gasteiger charge is 2.36. The van der Waals surface area contributed by atoms with Crippen molar-refractivity contribution >= 4 is 0 Å². The Morgan fingerprint density at radius 3 is 2.41 bits per heavy atom. The lowest BCUT2D eigenvalue weighted by Gasteiger charge is -2.40. The van der Waals surface area contributed by atoms with Gasteiger partial charge in [-0.2, -0.15) is 0 Å². The van der Waals surface area contributed by atoms with Crippen molar-refractivity contribution in [2.45, 2.75) is 65.0 Å². The summed E-state index contributed by atoms with van der Waals surface area (Å²) in [4.78, 5) is 2.72. The number of nitrogens with two attached hydrogens (primary N) is 1. The smallest absolute Gasteiger partial charge is 0.00965 e. The van der Waals surface area contributed by atoms with Gasteiger partial charge in [0.05, 0.1) is 0 Å². The van der Waals surface area contributed by atoms with E-state index in [2.05, 4.69) is 25.7 Å². The van der Waals surface area contributed by atoms with Crippen LogP contribution in [0.5, 0.6) is 0 Å². The Morgan fingerprint density at radius 1 is 1.18 bits per heavy atom. The number of nitrogens with zero attached hydrogens (tertiary/aromatic N) is 1. The predicted octanol–water partition coefficient (Wildman–Crippen LogP) is 2.87. The van der Waals surface area contributed by atoms with E-state index in [1.165, 1.54) is 45.2 Å². The SMILES string of the molecule is CCCN(CC1C(C)CC(C)CC1N)C1CC1. The second kappa shape index (κ2) is 5.71. The van der Waals surface area contributed by atoms with E-state index < -0.39 is 0 Å². The molecule has 0 heterocycles. The first-order valence-corrected chi connectivity index (χ1v) is 7.61. The highest BCUT2D eigenvalue weighted by Crippen LogP contribution is 2.35. The average Bonchev–Trinajstić information content (AvgIpc) is 3.05. The maximum absolute atomic E-state index is 6.40. The van der Waals surface area contributed by atoms with Gasteiger partial charge < -0.3 is 10.6 Å². The van der Waals surface area contributed by atoms with E-state index in [9.17, 15) is 0 Å². The summed E-state index contributed by atoms with van der Waals surface area (Å²) in [5.74, 6) is 2.38. The summed E-state index contributed by atoms with van der Waals surface area (Å²) in [5.41, 5.74) is 6.40. The van der Waals surface area contributed by atoms with Crippen molar-refractivity contribution in [3.8, 4) is 0 Å². The first-order chi connectivity index (χ1) is 8.11. The van der Waals surface area contributed by atoms with Crippen LogP contribution < -0.4 is 5.73 Å². The molecule has 0 saturated heterocycles. The van der Waals surface area contributed by atoms with E-state index in [1.54, 1.807) is 0 Å². The third-order valence-electron chi connectivity index (χ3n) is 4.75. The van der Waals surface area contributed by atoms with Crippen LogP contribution in [0.15, 0.2) is 0 Å². The van der Waals surface area contributed by atoms with Crippen molar-refractivity contribution in [1.82, 2.24) is 4.90 Å². The molecule has 2 aliphatic carbocycles. The Balaban J connectivity index is 1.90. The van der Waals surface area contributed by atoms with Gasteiger partial charge in [-0.15, -0.1) is 0 Å². The van der Waals surface area contributed by atoms with E-state index in [4.69, 9.17) is 5.73 Å². The molecule has 2 fully saturated rings. The molecule has 4 atom stereocenters. The van der Waals surface area contributed by atoms with Crippen molar-refractivity contribution < 1.29 is 0 Å². The molecule has 0 amide bonds. The molecule has 2 nitrogen and oxygen atoms in total. The van der Waals surface area contributed by atoms with Gasteiger partial charge in [0.15, 0.2) is 0 Å². The molecule has 0 radical (unpaired) electrons. The molecule has 2 saturated carbocycles. The molecule has 17 heavy (non-hydrogen) atoms. The summed E-state index contributed by atoms with van der Waals surface area (Å²) >= 11 is 0. The molecule has 2 aliphatic rings. The maximum atomic E-state index is 6.40. The van der Waals surface area contributed by atoms with Crippen LogP contribution in [0.1, 0.15) is 52.9 Å². The van der Waals surface area contributed by atoms with Gasteiger partial charge in [0.1, 0.15) is 0 Å². The minimum Gasteiger partial charge on any atom is -0.327 e. The van der Waals surface area contributed by atoms with Crippen LogP contribution >= 0.6 is 0 Å². The zero-order valence-electron chi connectivity index (χ0n) is 11.9. The molecule has 0 aromatic heterocycles. The molecule has 0 spiro atoms. The van der Waals surface area contributed by atoms with Gasteiger partial charge in [0, 0.05) is 18.6 Å². The van der Waals surface area contributed by atoms with E-state index in [0.29, 0.717) is 6.04 Å². The average molecular weight is 238 g/mol. The molecule has 0 aromatic rings. The standard InChI is InChI=1S/C15H30N2/c1-4-7-17(13-5-6-13)10-14-12(3)8-11(2)9-15(14)16/h11-15H,4-10,16H2,1-3H3. The molecule has 0 aliphatic heterocycles. The topological polar surface area (TPSA) is 29.3 Å². The summed E-state index contributed by atoms with van der Waals surface area (Å²) in [7, 11) is 0. The van der Waals surface area contributed by atoms with E-state index in [-0.39, 0.29) is 0 Å². The summed E-state index contributed by atoms with van der Waals surface area (Å²) in [6, 6.07) is 1.33. The summed E-state index contributed by atoms with van der Waals surface area (Å²) < 4.78 is 0. The highest BCUT2D eigenvalue weighted by molar-refractivity contribution is 4.91. The van der Waals surface area contributed by atoms with Crippen LogP contribution in [0.4, 0.5) is 0 Å². The third kappa shape index (κ3) is 3.45. The molecule has 0 aromatic carbocycles. The van der Waals surface area contributed by atoms with Crippen LogP contribution in [0.2, 0.25) is 0 Å². The highest BCUT2D eigenvalue weighted by atomic mass is 15.2. The van der Waals surface area contributed by atoms with Crippen molar-refractivity contribution in [3.63, 3.8) is 0 Å². The molecule has 2 heteroatoms. The van der Waals surface area contributed by atoms with Crippen LogP contribution in [-0.2, 0) is 0 Å². The van der Waals surface area contributed by atoms with Crippen LogP contribution in [0, 0.1) is 17.8 Å². The summed E-state index contributed by atoms with van der Waals surface area (Å²) in [5, 5.41) is 0. The Hall–Kier alpha value is -0.0800. The van der Waals surface area contributed by atoms with Crippen molar-refractivity contribution in [2.24, 2.45) is 23.5 Å². The van der Waals surface area contributed by atoms with Gasteiger partial charge >= 0.3 is 0 Å². The minimum absolute atomic E-state index is 0.437. The molecular weight excluding hydrogens is 208 g/mol. The Labute approximate surface area is 107 Å². The predicted molar refractivity (Wildman–Crippen MR) is 73.9 cm³/mol. The second-order valence-corrected chi connectivity index (χ2v) is 6.61. The molecule has 100 valence electrons. The summed E-state index contributed by atoms with van der Waals surface area (Å²) in [6.45, 7) is 9.60. The maximum Gasteiger partial charge on any atom is 0.00965 e. The van der Waals surface area contributed by atoms with Gasteiger partial charge in [-0.3, -0.25) is 0 Å². The first kappa shape index (κ1) is 13.4. The Morgan fingerprint density at radius 2 is 1.88 bits per heavy atom. The fourth-order valence-corrected chi connectivity index (χ4v) is 3.70. The Bertz CT molecular complexity index is 225. The van der Waals surface area contributed by atoms with Crippen molar-refractivity contribution in [1.29, 1.82) is 0 Å². The van der Waals surface area contributed by atoms with Gasteiger partial charge in [-0.25, -0.2) is 0 Å². The van der Waals surface area contributed by atoms with E-state index >= 15 is 0 Å². The molecule has 0 bridgehead atoms. The van der Waals surface area contributed by atoms with Crippen LogP contribution in [0.25, 0.3) is 0 Å². The molecule has 2 N–H and O–H groups in total. The van der Waals surface area contributed by atoms with Gasteiger partial charge in [-0.1, -0.05) is 20.8 Å². The molecule has 4 unspecified atom stereocenters. The normalized spacial score (nSPS) is 38.6. The minimum atomic E-state index is 0.437. The quantitative estimate of drug-likeness (QED) is 0.798. The lowest BCUT2D eigenvalue weighted by Crippen LogP contribution is -2.47. The zero-order valence-corrected chi connectivity index (χ0v) is 11.9. The number of rotatable bonds is 5. The fourth-order valence-electron chi connectivity index (χ4n) is 3.70. The fraction of sp³-hybridized carbons (Fsp3) is 1.00. The lowest BCUT2D eigenvalue weighted by atomic mass is 9.72. The lowest BCUT2D eigenvalue weighted by molar-refractivity contribution is 0.113. The van der Waals surface area contributed by atoms with Crippen molar-refractivity contribution in [3.05, 3.63) is 0 Å². The Kier molecular flexibility index (Phi) is 4.48. The van der Waals surface area contributed by atoms with E-state index in [1.807, 2.05) is 0 Å². The largest absolute Gasteiger partial charge is 0.327 e. The van der Waals surface area contributed by atoms with Crippen LogP contribution in [0.3, 0.4) is 0 Å². The third-order valence-corrected chi connectivity index (χ3v) is 4.75. The van der Waals surface area contributed by atoms with E-state index in [0.717, 1.165) is 23.8 Å². The first-order valence-electron chi connectivity index (χ1n) is 7.61. The second-order valence-electron chi connectivity index (χ2n) is 6.61. The van der Waals surface area contributed by atoms with Gasteiger partial charge in [-0.05, 0) is 56.4 Å². The number of hydrogen-bond donors (Lipinski definition) is 1. The molecular formula is C15H30N2. The monoisotopic (exact) mass is 238 g/mol. The van der Waals surface area contributed by atoms with Crippen molar-refractivity contribution in [2.75, 3.05) is 13.1 Å². The number of hydrogen-bond acceptors (Lipinski definition) is 2. The van der Waals surface area contributed by atoms with Gasteiger partial charge in [0.25, 0.3) is 0 Å². The summed E-state index contributed by atoms with van der Waals surface area (Å²) in [6.07, 6.45) is 6.74.